The number of carbonyl (C=O) groups excluding carboxylic acids is 1. The number of aryl methyl sites for hydroxylation is 1. The SMILES string of the molecule is COc1ccc(CCCC(=O)N2CCC(C(C)N3CCOCC3)CC2)cc1. The summed E-state index contributed by atoms with van der Waals surface area (Å²) in [5.74, 6) is 1.90. The molecule has 1 aromatic rings. The molecular formula is C22H34N2O3. The number of rotatable bonds is 7. The Balaban J connectivity index is 1.36. The molecular weight excluding hydrogens is 340 g/mol. The van der Waals surface area contributed by atoms with Crippen LogP contribution in [0.2, 0.25) is 0 Å². The third kappa shape index (κ3) is 5.69. The summed E-state index contributed by atoms with van der Waals surface area (Å²) < 4.78 is 10.7. The van der Waals surface area contributed by atoms with Crippen molar-refractivity contribution in [2.75, 3.05) is 46.5 Å². The Bertz CT molecular complexity index is 576. The van der Waals surface area contributed by atoms with Gasteiger partial charge in [0, 0.05) is 38.6 Å². The van der Waals surface area contributed by atoms with Gasteiger partial charge in [-0.1, -0.05) is 12.1 Å². The molecule has 2 aliphatic heterocycles. The van der Waals surface area contributed by atoms with Crippen LogP contribution in [0, 0.1) is 5.92 Å². The summed E-state index contributed by atoms with van der Waals surface area (Å²) in [5.41, 5.74) is 1.27. The lowest BCUT2D eigenvalue weighted by atomic mass is 9.89. The predicted molar refractivity (Wildman–Crippen MR) is 107 cm³/mol. The Labute approximate surface area is 163 Å². The molecule has 1 unspecified atom stereocenters. The van der Waals surface area contributed by atoms with Crippen molar-refractivity contribution in [1.82, 2.24) is 9.80 Å². The first-order chi connectivity index (χ1) is 13.2. The standard InChI is InChI=1S/C22H34N2O3/c1-18(23-14-16-27-17-15-23)20-10-12-24(13-11-20)22(25)5-3-4-19-6-8-21(26-2)9-7-19/h6-9,18,20H,3-5,10-17H2,1-2H3. The fourth-order valence-electron chi connectivity index (χ4n) is 4.31. The van der Waals surface area contributed by atoms with Crippen molar-refractivity contribution in [3.8, 4) is 5.75 Å². The summed E-state index contributed by atoms with van der Waals surface area (Å²) in [6, 6.07) is 8.74. The smallest absolute Gasteiger partial charge is 0.222 e. The number of hydrogen-bond donors (Lipinski definition) is 0. The Hall–Kier alpha value is -1.59. The third-order valence-corrected chi connectivity index (χ3v) is 6.21. The minimum Gasteiger partial charge on any atom is -0.497 e. The van der Waals surface area contributed by atoms with E-state index in [0.29, 0.717) is 24.3 Å². The summed E-state index contributed by atoms with van der Waals surface area (Å²) in [7, 11) is 1.68. The van der Waals surface area contributed by atoms with Gasteiger partial charge in [0.1, 0.15) is 5.75 Å². The monoisotopic (exact) mass is 374 g/mol. The van der Waals surface area contributed by atoms with Gasteiger partial charge in [-0.05, 0) is 56.2 Å². The molecule has 1 atom stereocenters. The van der Waals surface area contributed by atoms with Crippen molar-refractivity contribution < 1.29 is 14.3 Å². The van der Waals surface area contributed by atoms with Crippen molar-refractivity contribution in [3.05, 3.63) is 29.8 Å². The molecule has 27 heavy (non-hydrogen) atoms. The number of nitrogens with zero attached hydrogens (tertiary/aromatic N) is 2. The van der Waals surface area contributed by atoms with E-state index in [2.05, 4.69) is 28.9 Å². The maximum atomic E-state index is 12.5. The highest BCUT2D eigenvalue weighted by molar-refractivity contribution is 5.76. The van der Waals surface area contributed by atoms with Gasteiger partial charge in [-0.25, -0.2) is 0 Å². The molecule has 150 valence electrons. The maximum absolute atomic E-state index is 12.5. The van der Waals surface area contributed by atoms with Gasteiger partial charge in [0.25, 0.3) is 0 Å². The predicted octanol–water partition coefficient (Wildman–Crippen LogP) is 2.98. The van der Waals surface area contributed by atoms with Crippen LogP contribution in [0.1, 0.15) is 38.2 Å². The van der Waals surface area contributed by atoms with Crippen LogP contribution in [0.4, 0.5) is 0 Å². The highest BCUT2D eigenvalue weighted by Crippen LogP contribution is 2.25. The van der Waals surface area contributed by atoms with Crippen molar-refractivity contribution in [2.45, 2.75) is 45.1 Å². The van der Waals surface area contributed by atoms with Gasteiger partial charge in [0.2, 0.25) is 5.91 Å². The Morgan fingerprint density at radius 3 is 2.44 bits per heavy atom. The van der Waals surface area contributed by atoms with Crippen LogP contribution in [0.3, 0.4) is 0 Å². The van der Waals surface area contributed by atoms with Crippen LogP contribution in [-0.2, 0) is 16.0 Å². The van der Waals surface area contributed by atoms with Gasteiger partial charge in [0.05, 0.1) is 20.3 Å². The van der Waals surface area contributed by atoms with Gasteiger partial charge in [-0.15, -0.1) is 0 Å². The summed E-state index contributed by atoms with van der Waals surface area (Å²) >= 11 is 0. The van der Waals surface area contributed by atoms with Gasteiger partial charge in [-0.3, -0.25) is 9.69 Å². The van der Waals surface area contributed by atoms with Crippen molar-refractivity contribution >= 4 is 5.91 Å². The number of likely N-dealkylation sites (tertiary alicyclic amines) is 1. The van der Waals surface area contributed by atoms with Crippen LogP contribution in [0.25, 0.3) is 0 Å². The van der Waals surface area contributed by atoms with Crippen LogP contribution in [0.15, 0.2) is 24.3 Å². The highest BCUT2D eigenvalue weighted by Gasteiger charge is 2.29. The van der Waals surface area contributed by atoms with E-state index >= 15 is 0 Å². The summed E-state index contributed by atoms with van der Waals surface area (Å²) in [6.07, 6.45) is 4.76. The van der Waals surface area contributed by atoms with Crippen LogP contribution < -0.4 is 4.74 Å². The molecule has 0 spiro atoms. The number of morpholine rings is 1. The zero-order valence-corrected chi connectivity index (χ0v) is 16.9. The number of amides is 1. The highest BCUT2D eigenvalue weighted by atomic mass is 16.5. The van der Waals surface area contributed by atoms with Crippen molar-refractivity contribution in [2.24, 2.45) is 5.92 Å². The second-order valence-electron chi connectivity index (χ2n) is 7.81. The zero-order valence-electron chi connectivity index (χ0n) is 16.9. The molecule has 2 aliphatic rings. The zero-order chi connectivity index (χ0) is 19.1. The number of hydrogen-bond acceptors (Lipinski definition) is 4. The van der Waals surface area contributed by atoms with Gasteiger partial charge < -0.3 is 14.4 Å². The first-order valence-electron chi connectivity index (χ1n) is 10.4. The van der Waals surface area contributed by atoms with E-state index in [9.17, 15) is 4.79 Å². The number of ether oxygens (including phenoxy) is 2. The number of benzene rings is 1. The van der Waals surface area contributed by atoms with Crippen molar-refractivity contribution in [3.63, 3.8) is 0 Å². The van der Waals surface area contributed by atoms with Crippen LogP contribution >= 0.6 is 0 Å². The molecule has 0 N–H and O–H groups in total. The lowest BCUT2D eigenvalue weighted by molar-refractivity contribution is -0.133. The third-order valence-electron chi connectivity index (χ3n) is 6.21. The lowest BCUT2D eigenvalue weighted by Crippen LogP contribution is -2.49. The van der Waals surface area contributed by atoms with Crippen molar-refractivity contribution in [1.29, 1.82) is 0 Å². The second-order valence-corrected chi connectivity index (χ2v) is 7.81. The Morgan fingerprint density at radius 1 is 1.15 bits per heavy atom. The first kappa shape index (κ1) is 20.2. The molecule has 2 fully saturated rings. The molecule has 2 heterocycles. The van der Waals surface area contributed by atoms with E-state index in [-0.39, 0.29) is 0 Å². The maximum Gasteiger partial charge on any atom is 0.222 e. The van der Waals surface area contributed by atoms with Crippen LogP contribution in [0.5, 0.6) is 5.75 Å². The minimum absolute atomic E-state index is 0.320. The van der Waals surface area contributed by atoms with E-state index in [1.807, 2.05) is 12.1 Å². The van der Waals surface area contributed by atoms with E-state index < -0.39 is 0 Å². The molecule has 3 rings (SSSR count). The molecule has 5 heteroatoms. The van der Waals surface area contributed by atoms with E-state index in [0.717, 1.165) is 70.8 Å². The average molecular weight is 375 g/mol. The summed E-state index contributed by atoms with van der Waals surface area (Å²) in [5, 5.41) is 0. The van der Waals surface area contributed by atoms with E-state index in [1.54, 1.807) is 7.11 Å². The molecule has 1 aromatic carbocycles. The average Bonchev–Trinajstić information content (AvgIpc) is 2.74. The molecule has 5 nitrogen and oxygen atoms in total. The molecule has 0 radical (unpaired) electrons. The Kier molecular flexibility index (Phi) is 7.53. The largest absolute Gasteiger partial charge is 0.497 e. The fourth-order valence-corrected chi connectivity index (χ4v) is 4.31. The topological polar surface area (TPSA) is 42.0 Å². The summed E-state index contributed by atoms with van der Waals surface area (Å²) in [6.45, 7) is 7.99. The fraction of sp³-hybridized carbons (Fsp3) is 0.682. The summed E-state index contributed by atoms with van der Waals surface area (Å²) in [4.78, 5) is 17.2. The number of piperidine rings is 1. The molecule has 1 amide bonds. The van der Waals surface area contributed by atoms with Gasteiger partial charge >= 0.3 is 0 Å². The Morgan fingerprint density at radius 2 is 1.81 bits per heavy atom. The minimum atomic E-state index is 0.320. The quantitative estimate of drug-likeness (QED) is 0.736. The lowest BCUT2D eigenvalue weighted by Gasteiger charge is -2.41. The van der Waals surface area contributed by atoms with E-state index in [1.165, 1.54) is 5.56 Å². The molecule has 0 bridgehead atoms. The number of methoxy groups -OCH3 is 1. The molecule has 0 aliphatic carbocycles. The number of carbonyl (C=O) groups is 1. The van der Waals surface area contributed by atoms with Gasteiger partial charge in [0.15, 0.2) is 0 Å². The normalized spacial score (nSPS) is 20.4. The molecule has 0 aromatic heterocycles. The first-order valence-corrected chi connectivity index (χ1v) is 10.4. The van der Waals surface area contributed by atoms with E-state index in [4.69, 9.17) is 9.47 Å². The molecule has 2 saturated heterocycles. The van der Waals surface area contributed by atoms with Gasteiger partial charge in [-0.2, -0.15) is 0 Å². The van der Waals surface area contributed by atoms with Crippen LogP contribution in [-0.4, -0.2) is 68.3 Å². The molecule has 0 saturated carbocycles. The second kappa shape index (κ2) is 10.1.